The fourth-order valence-electron chi connectivity index (χ4n) is 2.51. The number of hydrogen-bond donors (Lipinski definition) is 2. The van der Waals surface area contributed by atoms with Crippen molar-refractivity contribution >= 4 is 35.2 Å². The largest absolute Gasteiger partial charge is 0.442 e. The van der Waals surface area contributed by atoms with Gasteiger partial charge in [0.05, 0.1) is 25.0 Å². The molecule has 2 aromatic rings. The van der Waals surface area contributed by atoms with Gasteiger partial charge in [0.25, 0.3) is 0 Å². The van der Waals surface area contributed by atoms with Crippen LogP contribution in [-0.2, 0) is 16.0 Å². The molecule has 0 aliphatic carbocycles. The highest BCUT2D eigenvalue weighted by Crippen LogP contribution is 2.30. The van der Waals surface area contributed by atoms with Crippen molar-refractivity contribution in [2.75, 3.05) is 18.0 Å². The van der Waals surface area contributed by atoms with Gasteiger partial charge in [-0.2, -0.15) is 0 Å². The van der Waals surface area contributed by atoms with Gasteiger partial charge in [-0.1, -0.05) is 11.3 Å². The molecule has 0 radical (unpaired) electrons. The molecule has 1 saturated heterocycles. The van der Waals surface area contributed by atoms with E-state index in [4.69, 9.17) is 9.94 Å². The average molecular weight is 393 g/mol. The molecule has 1 aliphatic heterocycles. The minimum Gasteiger partial charge on any atom is -0.442 e. The highest BCUT2D eigenvalue weighted by atomic mass is 32.1. The molecular weight excluding hydrogens is 377 g/mol. The molecule has 11 heteroatoms. The Morgan fingerprint density at radius 1 is 1.56 bits per heavy atom. The summed E-state index contributed by atoms with van der Waals surface area (Å²) in [4.78, 5) is 24.3. The first kappa shape index (κ1) is 18.7. The first-order valence-electron chi connectivity index (χ1n) is 7.98. The fourth-order valence-corrected chi connectivity index (χ4v) is 3.33. The summed E-state index contributed by atoms with van der Waals surface area (Å²) in [5, 5.41) is 22.7. The van der Waals surface area contributed by atoms with Crippen molar-refractivity contribution in [3.05, 3.63) is 29.0 Å². The van der Waals surface area contributed by atoms with Crippen molar-refractivity contribution < 1.29 is 23.9 Å². The SMILES string of the molecule is CC(=O)NCC1CN(c2ccc(-c3nnc(CC=NO)s3)c(F)c2)C(=O)O1. The third-order valence-corrected chi connectivity index (χ3v) is 4.74. The van der Waals surface area contributed by atoms with E-state index in [0.29, 0.717) is 22.1 Å². The molecule has 0 bridgehead atoms. The Kier molecular flexibility index (Phi) is 5.60. The second-order valence-corrected chi connectivity index (χ2v) is 6.78. The lowest BCUT2D eigenvalue weighted by Crippen LogP contribution is -2.33. The van der Waals surface area contributed by atoms with Crippen LogP contribution in [0.25, 0.3) is 10.6 Å². The van der Waals surface area contributed by atoms with E-state index in [1.807, 2.05) is 0 Å². The Hall–Kier alpha value is -3.08. The molecule has 0 saturated carbocycles. The first-order valence-corrected chi connectivity index (χ1v) is 8.80. The summed E-state index contributed by atoms with van der Waals surface area (Å²) < 4.78 is 19.7. The van der Waals surface area contributed by atoms with Crippen LogP contribution >= 0.6 is 11.3 Å². The standard InChI is InChI=1S/C16H16FN5O4S/c1-9(23)18-7-11-8-22(16(24)26-11)10-2-3-12(13(17)6-10)15-21-20-14(27-15)4-5-19-25/h2-3,5-6,11,25H,4,7-8H2,1H3,(H,18,23). The van der Waals surface area contributed by atoms with Crippen molar-refractivity contribution in [2.24, 2.45) is 5.16 Å². The number of carbonyl (C=O) groups is 2. The number of anilines is 1. The molecule has 1 atom stereocenters. The quantitative estimate of drug-likeness (QED) is 0.439. The summed E-state index contributed by atoms with van der Waals surface area (Å²) in [6.45, 7) is 1.78. The van der Waals surface area contributed by atoms with Gasteiger partial charge in [-0.15, -0.1) is 15.4 Å². The van der Waals surface area contributed by atoms with Crippen LogP contribution in [0.5, 0.6) is 0 Å². The topological polar surface area (TPSA) is 117 Å². The van der Waals surface area contributed by atoms with Crippen LogP contribution in [0.1, 0.15) is 11.9 Å². The molecule has 1 unspecified atom stereocenters. The maximum absolute atomic E-state index is 14.6. The van der Waals surface area contributed by atoms with Crippen LogP contribution < -0.4 is 10.2 Å². The van der Waals surface area contributed by atoms with Crippen LogP contribution in [0, 0.1) is 5.82 Å². The molecule has 142 valence electrons. The molecule has 1 aromatic heterocycles. The second-order valence-electron chi connectivity index (χ2n) is 5.72. The summed E-state index contributed by atoms with van der Waals surface area (Å²) >= 11 is 1.18. The zero-order valence-corrected chi connectivity index (χ0v) is 15.1. The molecule has 2 amide bonds. The van der Waals surface area contributed by atoms with E-state index in [2.05, 4.69) is 20.7 Å². The highest BCUT2D eigenvalue weighted by molar-refractivity contribution is 7.14. The van der Waals surface area contributed by atoms with E-state index >= 15 is 0 Å². The number of carbonyl (C=O) groups excluding carboxylic acids is 2. The number of rotatable bonds is 6. The minimum absolute atomic E-state index is 0.197. The number of hydrogen-bond acceptors (Lipinski definition) is 8. The molecule has 0 spiro atoms. The predicted molar refractivity (Wildman–Crippen MR) is 95.6 cm³/mol. The lowest BCUT2D eigenvalue weighted by atomic mass is 10.2. The lowest BCUT2D eigenvalue weighted by molar-refractivity contribution is -0.119. The number of halogens is 1. The van der Waals surface area contributed by atoms with Crippen LogP contribution in [0.2, 0.25) is 0 Å². The molecule has 27 heavy (non-hydrogen) atoms. The summed E-state index contributed by atoms with van der Waals surface area (Å²) in [5.74, 6) is -0.772. The summed E-state index contributed by atoms with van der Waals surface area (Å²) in [5.41, 5.74) is 0.606. The van der Waals surface area contributed by atoms with Crippen molar-refractivity contribution in [3.63, 3.8) is 0 Å². The van der Waals surface area contributed by atoms with Gasteiger partial charge < -0.3 is 15.3 Å². The van der Waals surface area contributed by atoms with Gasteiger partial charge in [-0.25, -0.2) is 9.18 Å². The molecule has 2 N–H and O–H groups in total. The van der Waals surface area contributed by atoms with E-state index in [-0.39, 0.29) is 24.6 Å². The van der Waals surface area contributed by atoms with Crippen LogP contribution in [0.4, 0.5) is 14.9 Å². The van der Waals surface area contributed by atoms with Gasteiger partial charge in [0.1, 0.15) is 16.9 Å². The zero-order valence-electron chi connectivity index (χ0n) is 14.3. The molecule has 1 fully saturated rings. The van der Waals surface area contributed by atoms with E-state index < -0.39 is 18.0 Å². The Morgan fingerprint density at radius 2 is 2.37 bits per heavy atom. The molecule has 3 rings (SSSR count). The Balaban J connectivity index is 1.74. The third kappa shape index (κ3) is 4.37. The number of nitrogens with zero attached hydrogens (tertiary/aromatic N) is 4. The van der Waals surface area contributed by atoms with Crippen molar-refractivity contribution in [1.82, 2.24) is 15.5 Å². The van der Waals surface area contributed by atoms with Gasteiger partial charge in [-0.3, -0.25) is 9.69 Å². The number of benzene rings is 1. The normalized spacial score (nSPS) is 16.7. The van der Waals surface area contributed by atoms with Gasteiger partial charge in [0.15, 0.2) is 5.01 Å². The maximum atomic E-state index is 14.6. The van der Waals surface area contributed by atoms with Crippen LogP contribution in [0.3, 0.4) is 0 Å². The third-order valence-electron chi connectivity index (χ3n) is 3.76. The molecule has 9 nitrogen and oxygen atoms in total. The second kappa shape index (κ2) is 8.08. The number of cyclic esters (lactones) is 1. The maximum Gasteiger partial charge on any atom is 0.414 e. The lowest BCUT2D eigenvalue weighted by Gasteiger charge is -2.14. The summed E-state index contributed by atoms with van der Waals surface area (Å²) in [6, 6.07) is 4.34. The van der Waals surface area contributed by atoms with E-state index in [9.17, 15) is 14.0 Å². The number of amides is 2. The van der Waals surface area contributed by atoms with E-state index in [1.165, 1.54) is 41.5 Å². The molecule has 1 aliphatic rings. The van der Waals surface area contributed by atoms with Crippen molar-refractivity contribution in [1.29, 1.82) is 0 Å². The Bertz CT molecular complexity index is 887. The zero-order chi connectivity index (χ0) is 19.4. The van der Waals surface area contributed by atoms with Gasteiger partial charge >= 0.3 is 6.09 Å². The fraction of sp³-hybridized carbons (Fsp3) is 0.312. The van der Waals surface area contributed by atoms with E-state index in [1.54, 1.807) is 6.07 Å². The predicted octanol–water partition coefficient (Wildman–Crippen LogP) is 1.81. The number of aromatic nitrogens is 2. The van der Waals surface area contributed by atoms with E-state index in [0.717, 1.165) is 0 Å². The highest BCUT2D eigenvalue weighted by Gasteiger charge is 2.32. The number of nitrogens with one attached hydrogen (secondary N) is 1. The number of ether oxygens (including phenoxy) is 1. The Labute approximate surface area is 157 Å². The van der Waals surface area contributed by atoms with Gasteiger partial charge in [0, 0.05) is 18.9 Å². The summed E-state index contributed by atoms with van der Waals surface area (Å²) in [6.07, 6.45) is 0.463. The van der Waals surface area contributed by atoms with Crippen LogP contribution in [-0.4, -0.2) is 52.8 Å². The van der Waals surface area contributed by atoms with Gasteiger partial charge in [0.2, 0.25) is 5.91 Å². The smallest absolute Gasteiger partial charge is 0.414 e. The Morgan fingerprint density at radius 3 is 3.07 bits per heavy atom. The summed E-state index contributed by atoms with van der Waals surface area (Å²) in [7, 11) is 0. The van der Waals surface area contributed by atoms with Crippen molar-refractivity contribution in [3.8, 4) is 10.6 Å². The van der Waals surface area contributed by atoms with Gasteiger partial charge in [-0.05, 0) is 18.2 Å². The number of oxime groups is 1. The molecule has 1 aromatic carbocycles. The average Bonchev–Trinajstić information content (AvgIpc) is 3.24. The van der Waals surface area contributed by atoms with Crippen molar-refractivity contribution in [2.45, 2.75) is 19.4 Å². The first-order chi connectivity index (χ1) is 13.0. The molecule has 2 heterocycles. The monoisotopic (exact) mass is 393 g/mol. The van der Waals surface area contributed by atoms with Crippen LogP contribution in [0.15, 0.2) is 23.4 Å². The minimum atomic E-state index is -0.598. The molecular formula is C16H16FN5O4S.